The molecule has 8 heteroatoms. The highest BCUT2D eigenvalue weighted by molar-refractivity contribution is 5.94. The molecule has 0 aliphatic rings. The lowest BCUT2D eigenvalue weighted by atomic mass is 10.0. The Kier molecular flexibility index (Phi) is 5.53. The predicted molar refractivity (Wildman–Crippen MR) is 74.2 cm³/mol. The molecule has 1 rings (SSSR count). The fourth-order valence-electron chi connectivity index (χ4n) is 1.69. The third-order valence-electron chi connectivity index (χ3n) is 2.79. The Bertz CT molecular complexity index is 596. The second-order valence-corrected chi connectivity index (χ2v) is 4.32. The Morgan fingerprint density at radius 2 is 1.95 bits per heavy atom. The standard InChI is InChI=1S/C13H14N2O6/c1-9(14(17)18)7-11(13(16)21-2)8-10-5-3-4-6-12(10)15(19)20/h3-6,8-9H,7H2,1-2H3/b11-8+. The van der Waals surface area contributed by atoms with E-state index in [1.807, 2.05) is 0 Å². The molecular weight excluding hydrogens is 280 g/mol. The smallest absolute Gasteiger partial charge is 0.334 e. The van der Waals surface area contributed by atoms with Gasteiger partial charge in [0.1, 0.15) is 0 Å². The summed E-state index contributed by atoms with van der Waals surface area (Å²) in [5.41, 5.74) is 0.0158. The van der Waals surface area contributed by atoms with Crippen molar-refractivity contribution in [2.45, 2.75) is 19.4 Å². The molecule has 0 aliphatic carbocycles. The molecule has 1 aromatic carbocycles. The summed E-state index contributed by atoms with van der Waals surface area (Å²) in [6.07, 6.45) is 1.08. The number of ether oxygens (including phenoxy) is 1. The van der Waals surface area contributed by atoms with Gasteiger partial charge in [-0.15, -0.1) is 0 Å². The lowest BCUT2D eigenvalue weighted by Gasteiger charge is -2.07. The Labute approximate surface area is 120 Å². The molecule has 1 unspecified atom stereocenters. The van der Waals surface area contributed by atoms with Crippen molar-refractivity contribution in [1.82, 2.24) is 0 Å². The Morgan fingerprint density at radius 3 is 2.48 bits per heavy atom. The van der Waals surface area contributed by atoms with E-state index in [9.17, 15) is 25.0 Å². The summed E-state index contributed by atoms with van der Waals surface area (Å²) in [5.74, 6) is -0.748. The van der Waals surface area contributed by atoms with E-state index in [4.69, 9.17) is 0 Å². The number of carbonyl (C=O) groups is 1. The van der Waals surface area contributed by atoms with Crippen molar-refractivity contribution in [2.75, 3.05) is 7.11 Å². The number of rotatable bonds is 6. The summed E-state index contributed by atoms with van der Waals surface area (Å²) in [4.78, 5) is 32.2. The van der Waals surface area contributed by atoms with E-state index in [2.05, 4.69) is 4.74 Å². The quantitative estimate of drug-likeness (QED) is 0.344. The number of esters is 1. The van der Waals surface area contributed by atoms with Crippen LogP contribution in [0.4, 0.5) is 5.69 Å². The minimum atomic E-state index is -1.00. The molecule has 1 atom stereocenters. The maximum absolute atomic E-state index is 11.7. The van der Waals surface area contributed by atoms with E-state index in [0.717, 1.165) is 7.11 Å². The molecule has 8 nitrogen and oxygen atoms in total. The Balaban J connectivity index is 3.23. The van der Waals surface area contributed by atoms with Crippen molar-refractivity contribution >= 4 is 17.7 Å². The van der Waals surface area contributed by atoms with E-state index >= 15 is 0 Å². The van der Waals surface area contributed by atoms with Gasteiger partial charge in [-0.3, -0.25) is 20.2 Å². The second kappa shape index (κ2) is 7.13. The summed E-state index contributed by atoms with van der Waals surface area (Å²) >= 11 is 0. The highest BCUT2D eigenvalue weighted by Crippen LogP contribution is 2.23. The van der Waals surface area contributed by atoms with Crippen LogP contribution in [0, 0.1) is 20.2 Å². The van der Waals surface area contributed by atoms with Crippen LogP contribution in [-0.4, -0.2) is 29.0 Å². The number of methoxy groups -OCH3 is 1. The minimum absolute atomic E-state index is 0.0102. The third kappa shape index (κ3) is 4.37. The number of para-hydroxylation sites is 1. The monoisotopic (exact) mass is 294 g/mol. The number of carbonyl (C=O) groups excluding carboxylic acids is 1. The zero-order valence-electron chi connectivity index (χ0n) is 11.5. The van der Waals surface area contributed by atoms with Gasteiger partial charge in [-0.2, -0.15) is 0 Å². The molecular formula is C13H14N2O6. The van der Waals surface area contributed by atoms with Crippen LogP contribution in [0.25, 0.3) is 6.08 Å². The zero-order valence-corrected chi connectivity index (χ0v) is 11.5. The maximum Gasteiger partial charge on any atom is 0.334 e. The van der Waals surface area contributed by atoms with Gasteiger partial charge in [0.05, 0.1) is 17.6 Å². The molecule has 0 N–H and O–H groups in total. The number of hydrogen-bond acceptors (Lipinski definition) is 6. The van der Waals surface area contributed by atoms with Crippen LogP contribution in [0.3, 0.4) is 0 Å². The normalized spacial score (nSPS) is 12.6. The fraction of sp³-hybridized carbons (Fsp3) is 0.308. The third-order valence-corrected chi connectivity index (χ3v) is 2.79. The number of nitro benzene ring substituents is 1. The van der Waals surface area contributed by atoms with E-state index in [-0.39, 0.29) is 23.2 Å². The molecule has 0 fully saturated rings. The van der Waals surface area contributed by atoms with Crippen LogP contribution in [-0.2, 0) is 9.53 Å². The average Bonchev–Trinajstić information content (AvgIpc) is 2.45. The molecule has 112 valence electrons. The van der Waals surface area contributed by atoms with Gasteiger partial charge in [0.2, 0.25) is 6.04 Å². The van der Waals surface area contributed by atoms with Crippen LogP contribution >= 0.6 is 0 Å². The number of nitro groups is 2. The fourth-order valence-corrected chi connectivity index (χ4v) is 1.69. The topological polar surface area (TPSA) is 113 Å². The summed E-state index contributed by atoms with van der Waals surface area (Å²) in [5, 5.41) is 21.6. The van der Waals surface area contributed by atoms with E-state index in [0.29, 0.717) is 0 Å². The lowest BCUT2D eigenvalue weighted by molar-refractivity contribution is -0.517. The SMILES string of the molecule is COC(=O)/C(=C/c1ccccc1[N+](=O)[O-])CC(C)[N+](=O)[O-]. The highest BCUT2D eigenvalue weighted by atomic mass is 16.6. The number of nitrogens with zero attached hydrogens (tertiary/aromatic N) is 2. The zero-order chi connectivity index (χ0) is 16.0. The molecule has 0 amide bonds. The van der Waals surface area contributed by atoms with Gasteiger partial charge in [-0.25, -0.2) is 4.79 Å². The van der Waals surface area contributed by atoms with Gasteiger partial charge in [0.25, 0.3) is 5.69 Å². The Morgan fingerprint density at radius 1 is 1.33 bits per heavy atom. The first-order chi connectivity index (χ1) is 9.86. The van der Waals surface area contributed by atoms with Gasteiger partial charge in [-0.1, -0.05) is 12.1 Å². The number of hydrogen-bond donors (Lipinski definition) is 0. The van der Waals surface area contributed by atoms with E-state index < -0.39 is 21.9 Å². The first-order valence-corrected chi connectivity index (χ1v) is 6.02. The molecule has 0 aliphatic heterocycles. The van der Waals surface area contributed by atoms with E-state index in [1.165, 1.54) is 31.2 Å². The van der Waals surface area contributed by atoms with Crippen LogP contribution < -0.4 is 0 Å². The molecule has 1 aromatic rings. The van der Waals surface area contributed by atoms with Crippen molar-refractivity contribution in [2.24, 2.45) is 0 Å². The summed E-state index contributed by atoms with van der Waals surface area (Å²) in [6, 6.07) is 4.81. The van der Waals surface area contributed by atoms with Crippen molar-refractivity contribution in [3.05, 3.63) is 55.6 Å². The van der Waals surface area contributed by atoms with Gasteiger partial charge < -0.3 is 4.74 Å². The minimum Gasteiger partial charge on any atom is -0.466 e. The van der Waals surface area contributed by atoms with Gasteiger partial charge in [0.15, 0.2) is 0 Å². The molecule has 0 saturated carbocycles. The summed E-state index contributed by atoms with van der Waals surface area (Å²) < 4.78 is 4.57. The maximum atomic E-state index is 11.7. The first kappa shape index (κ1) is 16.3. The second-order valence-electron chi connectivity index (χ2n) is 4.32. The van der Waals surface area contributed by atoms with Crippen molar-refractivity contribution < 1.29 is 19.4 Å². The first-order valence-electron chi connectivity index (χ1n) is 6.02. The molecule has 0 saturated heterocycles. The molecule has 21 heavy (non-hydrogen) atoms. The molecule has 0 bridgehead atoms. The molecule has 0 aromatic heterocycles. The number of benzene rings is 1. The Hall–Kier alpha value is -2.77. The largest absolute Gasteiger partial charge is 0.466 e. The molecule has 0 heterocycles. The van der Waals surface area contributed by atoms with Crippen LogP contribution in [0.5, 0.6) is 0 Å². The van der Waals surface area contributed by atoms with Crippen LogP contribution in [0.1, 0.15) is 18.9 Å². The van der Waals surface area contributed by atoms with E-state index in [1.54, 1.807) is 6.07 Å². The summed E-state index contributed by atoms with van der Waals surface area (Å²) in [7, 11) is 1.15. The van der Waals surface area contributed by atoms with Crippen molar-refractivity contribution in [3.63, 3.8) is 0 Å². The van der Waals surface area contributed by atoms with Crippen molar-refractivity contribution in [1.29, 1.82) is 0 Å². The summed E-state index contributed by atoms with van der Waals surface area (Å²) in [6.45, 7) is 1.34. The highest BCUT2D eigenvalue weighted by Gasteiger charge is 2.22. The van der Waals surface area contributed by atoms with Crippen LogP contribution in [0.15, 0.2) is 29.8 Å². The van der Waals surface area contributed by atoms with Gasteiger partial charge in [0, 0.05) is 29.9 Å². The van der Waals surface area contributed by atoms with Gasteiger partial charge >= 0.3 is 5.97 Å². The lowest BCUT2D eigenvalue weighted by Crippen LogP contribution is -2.19. The molecule has 0 radical (unpaired) electrons. The molecule has 0 spiro atoms. The average molecular weight is 294 g/mol. The van der Waals surface area contributed by atoms with Crippen LogP contribution in [0.2, 0.25) is 0 Å². The predicted octanol–water partition coefficient (Wildman–Crippen LogP) is 2.21. The van der Waals surface area contributed by atoms with Gasteiger partial charge in [-0.05, 0) is 12.1 Å². The van der Waals surface area contributed by atoms with Crippen molar-refractivity contribution in [3.8, 4) is 0 Å².